The van der Waals surface area contributed by atoms with Crippen LogP contribution in [0, 0.1) is 0 Å². The topological polar surface area (TPSA) is 36.5 Å². The molecule has 0 fully saturated rings. The van der Waals surface area contributed by atoms with Crippen LogP contribution in [0.15, 0.2) is 0 Å². The SMILES string of the molecule is [F][Fe-][Cl].[NH4+]. The van der Waals surface area contributed by atoms with Gasteiger partial charge in [-0.05, 0) is 0 Å². The van der Waals surface area contributed by atoms with Crippen LogP contribution in [0.5, 0.6) is 0 Å². The molecule has 4 heteroatoms. The molecule has 0 heterocycles. The summed E-state index contributed by atoms with van der Waals surface area (Å²) >= 11 is -0.778. The van der Waals surface area contributed by atoms with Gasteiger partial charge >= 0.3 is 28.1 Å². The minimum Gasteiger partial charge on any atom is -0.369 e. The summed E-state index contributed by atoms with van der Waals surface area (Å²) in [5, 5.41) is 0. The fourth-order valence-corrected chi connectivity index (χ4v) is 0. The fourth-order valence-electron chi connectivity index (χ4n) is 0. The summed E-state index contributed by atoms with van der Waals surface area (Å²) in [5.74, 6) is 0. The monoisotopic (exact) mass is 128 g/mol. The number of rotatable bonds is 0. The molecule has 0 aromatic carbocycles. The van der Waals surface area contributed by atoms with E-state index < -0.39 is 14.5 Å². The predicted octanol–water partition coefficient (Wildman–Crippen LogP) is 1.48. The van der Waals surface area contributed by atoms with E-state index in [0.29, 0.717) is 0 Å². The third kappa shape index (κ3) is 15.9. The first-order valence-electron chi connectivity index (χ1n) is 0.267. The van der Waals surface area contributed by atoms with Crippen LogP contribution in [0.25, 0.3) is 0 Å². The molecule has 0 aliphatic rings. The normalized spacial score (nSPS) is 5.50. The Morgan fingerprint density at radius 1 is 1.75 bits per heavy atom. The van der Waals surface area contributed by atoms with Gasteiger partial charge in [-0.3, -0.25) is 0 Å². The van der Waals surface area contributed by atoms with Gasteiger partial charge in [-0.25, -0.2) is 0 Å². The molecular weight excluding hydrogens is 124 g/mol. The zero-order valence-corrected chi connectivity index (χ0v) is 3.97. The molecule has 0 atom stereocenters. The average molecular weight is 128 g/mol. The second-order valence-electron chi connectivity index (χ2n) is 0.0505. The smallest absolute Gasteiger partial charge is 0.369 e. The van der Waals surface area contributed by atoms with Gasteiger partial charge in [-0.2, -0.15) is 0 Å². The van der Waals surface area contributed by atoms with Crippen LogP contribution in [0.1, 0.15) is 0 Å². The molecule has 0 aromatic heterocycles. The van der Waals surface area contributed by atoms with Crippen molar-refractivity contribution in [1.29, 1.82) is 0 Å². The first kappa shape index (κ1) is 8.83. The quantitative estimate of drug-likeness (QED) is 0.480. The van der Waals surface area contributed by atoms with Crippen LogP contribution in [-0.4, -0.2) is 0 Å². The van der Waals surface area contributed by atoms with Gasteiger partial charge in [0.1, 0.15) is 0 Å². The van der Waals surface area contributed by atoms with Crippen molar-refractivity contribution >= 4 is 10.1 Å². The first-order chi connectivity index (χ1) is 1.41. The fraction of sp³-hybridized carbons (Fsp3) is 0. The van der Waals surface area contributed by atoms with Crippen molar-refractivity contribution in [1.82, 2.24) is 6.15 Å². The van der Waals surface area contributed by atoms with E-state index in [4.69, 9.17) is 0 Å². The summed E-state index contributed by atoms with van der Waals surface area (Å²) in [5.41, 5.74) is 0. The molecule has 0 amide bonds. The Balaban J connectivity index is 0. The molecular formula is H4ClFFeN. The Hall–Kier alpha value is 0.699. The number of hydrogen-bond acceptors (Lipinski definition) is 0. The summed E-state index contributed by atoms with van der Waals surface area (Å²) in [6, 6.07) is 0. The second-order valence-corrected chi connectivity index (χ2v) is 0.625. The Morgan fingerprint density at radius 2 is 1.75 bits per heavy atom. The molecule has 0 radical (unpaired) electrons. The van der Waals surface area contributed by atoms with Gasteiger partial charge in [0.2, 0.25) is 0 Å². The molecule has 0 aliphatic heterocycles. The number of halogens is 2. The maximum atomic E-state index is 10.1. The number of quaternary nitrogens is 1. The standard InChI is InChI=1S/ClH.FH.Fe.H3N/h2*1H;;1H3/q;;+1;/p-1. The van der Waals surface area contributed by atoms with Crippen LogP contribution in [-0.2, 0) is 14.5 Å². The summed E-state index contributed by atoms with van der Waals surface area (Å²) < 4.78 is 10.1. The van der Waals surface area contributed by atoms with Gasteiger partial charge in [0.05, 0.1) is 0 Å². The molecule has 31 valence electrons. The van der Waals surface area contributed by atoms with E-state index in [1.54, 1.807) is 0 Å². The molecule has 4 N–H and O–H groups in total. The number of hydrogen-bond donors (Lipinski definition) is 1. The second kappa shape index (κ2) is 9.33. The third-order valence-electron chi connectivity index (χ3n) is 0. The van der Waals surface area contributed by atoms with E-state index in [-0.39, 0.29) is 6.15 Å². The van der Waals surface area contributed by atoms with E-state index in [2.05, 4.69) is 10.1 Å². The van der Waals surface area contributed by atoms with Crippen molar-refractivity contribution in [3.63, 3.8) is 0 Å². The molecule has 0 saturated heterocycles. The van der Waals surface area contributed by atoms with Crippen molar-refractivity contribution in [3.8, 4) is 0 Å². The van der Waals surface area contributed by atoms with Gasteiger partial charge in [-0.1, -0.05) is 0 Å². The predicted molar refractivity (Wildman–Crippen MR) is 12.9 cm³/mol. The third-order valence-corrected chi connectivity index (χ3v) is 0. The average Bonchev–Trinajstić information content (AvgIpc) is 0.918. The van der Waals surface area contributed by atoms with Gasteiger partial charge in [0.25, 0.3) is 0 Å². The van der Waals surface area contributed by atoms with Crippen molar-refractivity contribution in [3.05, 3.63) is 0 Å². The molecule has 0 aliphatic carbocycles. The Morgan fingerprint density at radius 3 is 1.75 bits per heavy atom. The summed E-state index contributed by atoms with van der Waals surface area (Å²) in [6.07, 6.45) is 0. The van der Waals surface area contributed by atoms with Crippen molar-refractivity contribution in [2.75, 3.05) is 0 Å². The Labute approximate surface area is 35.0 Å². The van der Waals surface area contributed by atoms with E-state index in [9.17, 15) is 3.55 Å². The molecule has 0 rings (SSSR count). The van der Waals surface area contributed by atoms with Gasteiger partial charge in [-0.15, -0.1) is 0 Å². The summed E-state index contributed by atoms with van der Waals surface area (Å²) in [7, 11) is 4.33. The molecule has 0 spiro atoms. The van der Waals surface area contributed by atoms with Crippen molar-refractivity contribution < 1.29 is 18.1 Å². The molecule has 0 aromatic rings. The molecule has 0 bridgehead atoms. The van der Waals surface area contributed by atoms with Gasteiger partial charge in [0.15, 0.2) is 0 Å². The minimum absolute atomic E-state index is 0. The molecule has 0 saturated carbocycles. The zero-order chi connectivity index (χ0) is 2.71. The largest absolute Gasteiger partial charge is 0.369 e. The van der Waals surface area contributed by atoms with Gasteiger partial charge < -0.3 is 6.15 Å². The van der Waals surface area contributed by atoms with Crippen molar-refractivity contribution in [2.45, 2.75) is 0 Å². The minimum atomic E-state index is -0.778. The van der Waals surface area contributed by atoms with Gasteiger partial charge in [0, 0.05) is 0 Å². The van der Waals surface area contributed by atoms with E-state index in [1.165, 1.54) is 0 Å². The van der Waals surface area contributed by atoms with Crippen LogP contribution < -0.4 is 6.15 Å². The molecule has 1 nitrogen and oxygen atoms in total. The van der Waals surface area contributed by atoms with Crippen molar-refractivity contribution in [2.24, 2.45) is 0 Å². The maximum absolute atomic E-state index is 10.1. The first-order valence-corrected chi connectivity index (χ1v) is 2.20. The zero-order valence-electron chi connectivity index (χ0n) is 2.11. The molecule has 4 heavy (non-hydrogen) atoms. The summed E-state index contributed by atoms with van der Waals surface area (Å²) in [4.78, 5) is 0. The van der Waals surface area contributed by atoms with Crippen LogP contribution >= 0.6 is 10.1 Å². The van der Waals surface area contributed by atoms with E-state index >= 15 is 0 Å². The van der Waals surface area contributed by atoms with E-state index in [0.717, 1.165) is 0 Å². The Kier molecular flexibility index (Phi) is 20.6. The van der Waals surface area contributed by atoms with Crippen LogP contribution in [0.2, 0.25) is 0 Å². The van der Waals surface area contributed by atoms with Crippen LogP contribution in [0.3, 0.4) is 0 Å². The van der Waals surface area contributed by atoms with E-state index in [1.807, 2.05) is 0 Å². The summed E-state index contributed by atoms with van der Waals surface area (Å²) in [6.45, 7) is 0. The Bertz CT molecular complexity index is 8.00. The van der Waals surface area contributed by atoms with Crippen LogP contribution in [0.4, 0.5) is 3.55 Å². The molecule has 0 unspecified atom stereocenters. The maximum Gasteiger partial charge on any atom is -0.369 e.